The highest BCUT2D eigenvalue weighted by Crippen LogP contribution is 2.20. The van der Waals surface area contributed by atoms with Gasteiger partial charge in [0.1, 0.15) is 5.82 Å². The van der Waals surface area contributed by atoms with Crippen molar-refractivity contribution in [3.8, 4) is 0 Å². The number of nitrogens with zero attached hydrogens (tertiary/aromatic N) is 5. The van der Waals surface area contributed by atoms with Crippen LogP contribution < -0.4 is 10.2 Å². The summed E-state index contributed by atoms with van der Waals surface area (Å²) in [5.41, 5.74) is 0.704. The predicted molar refractivity (Wildman–Crippen MR) is 135 cm³/mol. The summed E-state index contributed by atoms with van der Waals surface area (Å²) in [6, 6.07) is 7.03. The quantitative estimate of drug-likeness (QED) is 0.253. The predicted octanol–water partition coefficient (Wildman–Crippen LogP) is 2.56. The molecule has 0 unspecified atom stereocenters. The molecule has 1 N–H and O–H groups in total. The highest BCUT2D eigenvalue weighted by molar-refractivity contribution is 14.0. The molecule has 3 rings (SSSR count). The molecule has 0 amide bonds. The number of halogens is 2. The van der Waals surface area contributed by atoms with Crippen molar-refractivity contribution in [2.45, 2.75) is 19.8 Å². The van der Waals surface area contributed by atoms with Crippen molar-refractivity contribution >= 4 is 35.6 Å². The second kappa shape index (κ2) is 13.3. The largest absolute Gasteiger partial charge is 0.366 e. The van der Waals surface area contributed by atoms with Crippen molar-refractivity contribution in [2.24, 2.45) is 4.99 Å². The summed E-state index contributed by atoms with van der Waals surface area (Å²) in [7, 11) is 1.85. The normalized spacial score (nSPS) is 19.0. The molecule has 30 heavy (non-hydrogen) atoms. The molecule has 2 fully saturated rings. The third-order valence-electron chi connectivity index (χ3n) is 6.08. The average Bonchev–Trinajstić information content (AvgIpc) is 2.77. The van der Waals surface area contributed by atoms with Gasteiger partial charge in [0, 0.05) is 66.0 Å². The van der Waals surface area contributed by atoms with E-state index in [2.05, 4.69) is 36.8 Å². The highest BCUT2D eigenvalue weighted by Gasteiger charge is 2.21. The van der Waals surface area contributed by atoms with Crippen LogP contribution in [0.3, 0.4) is 0 Å². The molecule has 0 spiro atoms. The molecule has 0 saturated carbocycles. The number of anilines is 1. The van der Waals surface area contributed by atoms with Crippen LogP contribution in [0.15, 0.2) is 29.3 Å². The molecule has 170 valence electrons. The summed E-state index contributed by atoms with van der Waals surface area (Å²) in [6.45, 7) is 13.7. The number of aliphatic imine (C=N–C) groups is 1. The first-order valence-corrected chi connectivity index (χ1v) is 11.1. The van der Waals surface area contributed by atoms with Crippen LogP contribution in [0.25, 0.3) is 0 Å². The van der Waals surface area contributed by atoms with Crippen molar-refractivity contribution in [2.75, 3.05) is 83.9 Å². The Morgan fingerprint density at radius 1 is 0.967 bits per heavy atom. The number of piperazine rings is 2. The van der Waals surface area contributed by atoms with E-state index in [9.17, 15) is 4.39 Å². The van der Waals surface area contributed by atoms with Gasteiger partial charge in [-0.2, -0.15) is 0 Å². The maximum atomic E-state index is 14.0. The van der Waals surface area contributed by atoms with E-state index in [1.54, 1.807) is 6.07 Å². The van der Waals surface area contributed by atoms with Gasteiger partial charge in [-0.15, -0.1) is 24.0 Å². The van der Waals surface area contributed by atoms with E-state index in [4.69, 9.17) is 0 Å². The molecule has 2 saturated heterocycles. The fraction of sp³-hybridized carbons (Fsp3) is 0.682. The lowest BCUT2D eigenvalue weighted by Crippen LogP contribution is -2.52. The summed E-state index contributed by atoms with van der Waals surface area (Å²) in [6.07, 6.45) is 2.37. The molecule has 8 heteroatoms. The smallest absolute Gasteiger partial charge is 0.193 e. The molecule has 1 aromatic carbocycles. The van der Waals surface area contributed by atoms with Crippen LogP contribution in [0.5, 0.6) is 0 Å². The van der Waals surface area contributed by atoms with Crippen LogP contribution in [0.2, 0.25) is 0 Å². The molecular weight excluding hydrogens is 494 g/mol. The maximum Gasteiger partial charge on any atom is 0.193 e. The topological polar surface area (TPSA) is 37.4 Å². The van der Waals surface area contributed by atoms with Gasteiger partial charge in [-0.05, 0) is 38.1 Å². The van der Waals surface area contributed by atoms with E-state index in [0.717, 1.165) is 45.1 Å². The average molecular weight is 532 g/mol. The summed E-state index contributed by atoms with van der Waals surface area (Å²) in [5.74, 6) is 0.828. The molecule has 6 nitrogen and oxygen atoms in total. The van der Waals surface area contributed by atoms with E-state index in [-0.39, 0.29) is 29.8 Å². The van der Waals surface area contributed by atoms with Crippen LogP contribution in [0.1, 0.15) is 19.8 Å². The van der Waals surface area contributed by atoms with E-state index in [1.165, 1.54) is 51.8 Å². The highest BCUT2D eigenvalue weighted by atomic mass is 127. The third kappa shape index (κ3) is 7.23. The van der Waals surface area contributed by atoms with Crippen molar-refractivity contribution in [1.82, 2.24) is 20.0 Å². The number of para-hydroxylation sites is 1. The minimum Gasteiger partial charge on any atom is -0.366 e. The van der Waals surface area contributed by atoms with Crippen molar-refractivity contribution in [3.63, 3.8) is 0 Å². The van der Waals surface area contributed by atoms with E-state index in [1.807, 2.05) is 19.2 Å². The summed E-state index contributed by atoms with van der Waals surface area (Å²) in [4.78, 5) is 14.0. The van der Waals surface area contributed by atoms with Crippen LogP contribution in [0, 0.1) is 5.82 Å². The first kappa shape index (κ1) is 25.1. The molecule has 0 bridgehead atoms. The van der Waals surface area contributed by atoms with Crippen molar-refractivity contribution < 1.29 is 4.39 Å². The van der Waals surface area contributed by atoms with Crippen LogP contribution >= 0.6 is 24.0 Å². The van der Waals surface area contributed by atoms with E-state index >= 15 is 0 Å². The van der Waals surface area contributed by atoms with Gasteiger partial charge in [0.25, 0.3) is 0 Å². The summed E-state index contributed by atoms with van der Waals surface area (Å²) in [5, 5.41) is 3.52. The number of hydrogen-bond donors (Lipinski definition) is 1. The maximum absolute atomic E-state index is 14.0. The van der Waals surface area contributed by atoms with Gasteiger partial charge in [-0.25, -0.2) is 4.39 Å². The van der Waals surface area contributed by atoms with Crippen molar-refractivity contribution in [3.05, 3.63) is 30.1 Å². The molecule has 0 atom stereocenters. The molecule has 0 aromatic heterocycles. The van der Waals surface area contributed by atoms with Crippen molar-refractivity contribution in [1.29, 1.82) is 0 Å². The van der Waals surface area contributed by atoms with Gasteiger partial charge in [0.05, 0.1) is 5.69 Å². The minimum absolute atomic E-state index is 0. The lowest BCUT2D eigenvalue weighted by atomic mass is 10.2. The number of rotatable bonds is 7. The number of likely N-dealkylation sites (N-methyl/N-ethyl adjacent to an activating group) is 1. The Labute approximate surface area is 198 Å². The first-order valence-electron chi connectivity index (χ1n) is 11.1. The minimum atomic E-state index is -0.139. The molecule has 0 radical (unpaired) electrons. The number of hydrogen-bond acceptors (Lipinski definition) is 4. The van der Waals surface area contributed by atoms with Gasteiger partial charge in [0.15, 0.2) is 5.96 Å². The lowest BCUT2D eigenvalue weighted by molar-refractivity contribution is 0.136. The second-order valence-corrected chi connectivity index (χ2v) is 7.88. The van der Waals surface area contributed by atoms with E-state index in [0.29, 0.717) is 5.69 Å². The number of benzene rings is 1. The molecule has 2 aliphatic heterocycles. The monoisotopic (exact) mass is 532 g/mol. The standard InChI is InChI=1S/C22H37FN6.HI/c1-3-26-12-14-27(15-13-26)11-7-6-10-25-22(24-2)29-18-16-28(17-19-29)21-9-5-4-8-20(21)23;/h4-5,8-9H,3,6-7,10-19H2,1-2H3,(H,24,25);1H. The van der Waals surface area contributed by atoms with E-state index < -0.39 is 0 Å². The van der Waals surface area contributed by atoms with Crippen LogP contribution in [-0.2, 0) is 0 Å². The van der Waals surface area contributed by atoms with Gasteiger partial charge in [-0.1, -0.05) is 19.1 Å². The zero-order valence-electron chi connectivity index (χ0n) is 18.5. The molecule has 2 aliphatic rings. The van der Waals surface area contributed by atoms with Gasteiger partial charge in [-0.3, -0.25) is 4.99 Å². The Kier molecular flexibility index (Phi) is 11.2. The Balaban J connectivity index is 0.00000320. The Hall–Kier alpha value is -1.13. The molecule has 1 aromatic rings. The van der Waals surface area contributed by atoms with Gasteiger partial charge >= 0.3 is 0 Å². The van der Waals surface area contributed by atoms with Gasteiger partial charge < -0.3 is 24.9 Å². The number of guanidine groups is 1. The lowest BCUT2D eigenvalue weighted by Gasteiger charge is -2.37. The summed E-state index contributed by atoms with van der Waals surface area (Å²) >= 11 is 0. The molecule has 2 heterocycles. The fourth-order valence-corrected chi connectivity index (χ4v) is 4.19. The van der Waals surface area contributed by atoms with Gasteiger partial charge in [0.2, 0.25) is 0 Å². The molecule has 0 aliphatic carbocycles. The number of unbranched alkanes of at least 4 members (excludes halogenated alkanes) is 1. The van der Waals surface area contributed by atoms with Crippen LogP contribution in [0.4, 0.5) is 10.1 Å². The Bertz CT molecular complexity index is 642. The zero-order valence-corrected chi connectivity index (χ0v) is 20.9. The Morgan fingerprint density at radius 2 is 1.63 bits per heavy atom. The SMILES string of the molecule is CCN1CCN(CCCCNC(=NC)N2CCN(c3ccccc3F)CC2)CC1.I. The first-order chi connectivity index (χ1) is 14.2. The zero-order chi connectivity index (χ0) is 20.5. The summed E-state index contributed by atoms with van der Waals surface area (Å²) < 4.78 is 14.0. The fourth-order valence-electron chi connectivity index (χ4n) is 4.19. The second-order valence-electron chi connectivity index (χ2n) is 7.88. The molecular formula is C22H38FIN6. The number of nitrogens with one attached hydrogen (secondary N) is 1. The Morgan fingerprint density at radius 3 is 2.27 bits per heavy atom. The third-order valence-corrected chi connectivity index (χ3v) is 6.08. The van der Waals surface area contributed by atoms with Crippen LogP contribution in [-0.4, -0.2) is 99.7 Å².